The predicted molar refractivity (Wildman–Crippen MR) is 75.4 cm³/mol. The normalized spacial score (nSPS) is 12.7. The van der Waals surface area contributed by atoms with Gasteiger partial charge in [0, 0.05) is 5.54 Å². The van der Waals surface area contributed by atoms with Crippen molar-refractivity contribution in [3.8, 4) is 0 Å². The maximum atomic E-state index is 9.21. The molecule has 0 aliphatic heterocycles. The first kappa shape index (κ1) is 16.5. The molecular weight excluding hydrogens is 259 g/mol. The van der Waals surface area contributed by atoms with Crippen LogP contribution >= 0.6 is 23.2 Å². The summed E-state index contributed by atoms with van der Waals surface area (Å²) in [7, 11) is 0. The van der Waals surface area contributed by atoms with E-state index >= 15 is 0 Å². The summed E-state index contributed by atoms with van der Waals surface area (Å²) in [4.78, 5) is 0. The fourth-order valence-electron chi connectivity index (χ4n) is 0.845. The molecule has 0 spiro atoms. The summed E-state index contributed by atoms with van der Waals surface area (Å²) in [6, 6.07) is 3.21. The molecule has 0 amide bonds. The summed E-state index contributed by atoms with van der Waals surface area (Å²) in [5.74, 6) is 0. The van der Waals surface area contributed by atoms with Crippen molar-refractivity contribution in [3.63, 3.8) is 0 Å². The highest BCUT2D eigenvalue weighted by Gasteiger charge is 2.07. The van der Waals surface area contributed by atoms with Gasteiger partial charge in [-0.1, -0.05) is 23.2 Å². The molecular formula is C12H20Cl2N2O. The molecule has 0 saturated heterocycles. The van der Waals surface area contributed by atoms with Gasteiger partial charge in [0.25, 0.3) is 0 Å². The number of hydrogen-bond acceptors (Lipinski definition) is 3. The van der Waals surface area contributed by atoms with Crippen LogP contribution in [0.4, 0.5) is 5.69 Å². The van der Waals surface area contributed by atoms with Gasteiger partial charge in [0.15, 0.2) is 0 Å². The van der Waals surface area contributed by atoms with E-state index in [9.17, 15) is 5.11 Å². The average molecular weight is 279 g/mol. The van der Waals surface area contributed by atoms with E-state index in [0.717, 1.165) is 0 Å². The summed E-state index contributed by atoms with van der Waals surface area (Å²) in [6.45, 7) is 7.53. The van der Waals surface area contributed by atoms with E-state index in [-0.39, 0.29) is 5.54 Å². The van der Waals surface area contributed by atoms with E-state index in [1.165, 1.54) is 0 Å². The fourth-order valence-corrected chi connectivity index (χ4v) is 1.35. The number of aliphatic hydroxyl groups is 1. The molecule has 0 saturated carbocycles. The van der Waals surface area contributed by atoms with Gasteiger partial charge in [0.2, 0.25) is 0 Å². The minimum Gasteiger partial charge on any atom is -0.396 e. The van der Waals surface area contributed by atoms with Crippen LogP contribution in [0.5, 0.6) is 0 Å². The topological polar surface area (TPSA) is 72.3 Å². The Morgan fingerprint density at radius 3 is 1.71 bits per heavy atom. The molecule has 17 heavy (non-hydrogen) atoms. The van der Waals surface area contributed by atoms with Gasteiger partial charge in [-0.15, -0.1) is 0 Å². The molecule has 0 radical (unpaired) electrons. The number of halogens is 2. The number of anilines is 1. The Labute approximate surface area is 113 Å². The van der Waals surface area contributed by atoms with E-state index in [4.69, 9.17) is 34.7 Å². The fraction of sp³-hybridized carbons (Fsp3) is 0.500. The molecule has 5 N–H and O–H groups in total. The van der Waals surface area contributed by atoms with Crippen LogP contribution in [0.25, 0.3) is 0 Å². The van der Waals surface area contributed by atoms with Gasteiger partial charge < -0.3 is 16.6 Å². The first-order valence-electron chi connectivity index (χ1n) is 5.23. The number of nitrogens with two attached hydrogens (primary N) is 2. The van der Waals surface area contributed by atoms with Crippen LogP contribution in [-0.4, -0.2) is 10.6 Å². The number of nitrogen functional groups attached to an aromatic ring is 1. The van der Waals surface area contributed by atoms with Crippen molar-refractivity contribution in [2.75, 3.05) is 5.73 Å². The second-order valence-corrected chi connectivity index (χ2v) is 5.75. The highest BCUT2D eigenvalue weighted by atomic mass is 35.5. The molecule has 0 aromatic heterocycles. The van der Waals surface area contributed by atoms with E-state index in [0.29, 0.717) is 21.3 Å². The van der Waals surface area contributed by atoms with E-state index < -0.39 is 6.10 Å². The minimum absolute atomic E-state index is 0. The second-order valence-electron chi connectivity index (χ2n) is 4.94. The third-order valence-corrected chi connectivity index (χ3v) is 2.21. The van der Waals surface area contributed by atoms with Crippen LogP contribution in [0.15, 0.2) is 12.1 Å². The summed E-state index contributed by atoms with van der Waals surface area (Å²) >= 11 is 11.5. The van der Waals surface area contributed by atoms with Crippen molar-refractivity contribution in [1.29, 1.82) is 0 Å². The van der Waals surface area contributed by atoms with Crippen LogP contribution < -0.4 is 11.5 Å². The first-order chi connectivity index (χ1) is 7.52. The summed E-state index contributed by atoms with van der Waals surface area (Å²) in [6.07, 6.45) is -0.583. The van der Waals surface area contributed by atoms with Crippen molar-refractivity contribution in [1.82, 2.24) is 0 Å². The van der Waals surface area contributed by atoms with Gasteiger partial charge in [-0.25, -0.2) is 0 Å². The van der Waals surface area contributed by atoms with Crippen LogP contribution in [0, 0.1) is 0 Å². The maximum absolute atomic E-state index is 9.21. The zero-order valence-electron chi connectivity index (χ0n) is 10.6. The standard InChI is InChI=1S/C8H9Cl2NO.C4H11N/c1-4(12)5-2-6(9)8(11)7(10)3-5;1-4(2,3)5/h2-4,12H,11H2,1H3;5H2,1-3H3. The lowest BCUT2D eigenvalue weighted by Crippen LogP contribution is -2.26. The Hall–Kier alpha value is -0.480. The molecule has 1 rings (SSSR count). The predicted octanol–water partition coefficient (Wildman–Crippen LogP) is 3.37. The van der Waals surface area contributed by atoms with Crippen molar-refractivity contribution < 1.29 is 5.11 Å². The smallest absolute Gasteiger partial charge is 0.0762 e. The van der Waals surface area contributed by atoms with Gasteiger partial charge in [-0.2, -0.15) is 0 Å². The lowest BCUT2D eigenvalue weighted by molar-refractivity contribution is 0.199. The number of aliphatic hydroxyl groups excluding tert-OH is 1. The molecule has 1 unspecified atom stereocenters. The van der Waals surface area contributed by atoms with Gasteiger partial charge in [0.1, 0.15) is 0 Å². The molecule has 1 aromatic rings. The number of hydrogen-bond donors (Lipinski definition) is 3. The molecule has 0 heterocycles. The largest absolute Gasteiger partial charge is 0.396 e. The Balaban J connectivity index is 0.000000437. The number of rotatable bonds is 1. The Morgan fingerprint density at radius 1 is 1.18 bits per heavy atom. The maximum Gasteiger partial charge on any atom is 0.0762 e. The quantitative estimate of drug-likeness (QED) is 0.690. The third kappa shape index (κ3) is 7.45. The second kappa shape index (κ2) is 6.45. The van der Waals surface area contributed by atoms with Crippen molar-refractivity contribution in [3.05, 3.63) is 27.7 Å². The van der Waals surface area contributed by atoms with Crippen LogP contribution in [0.3, 0.4) is 0 Å². The third-order valence-electron chi connectivity index (χ3n) is 1.58. The number of benzene rings is 1. The monoisotopic (exact) mass is 278 g/mol. The molecule has 0 aliphatic rings. The molecule has 98 valence electrons. The summed E-state index contributed by atoms with van der Waals surface area (Å²) in [5, 5.41) is 9.95. The van der Waals surface area contributed by atoms with E-state index in [1.807, 2.05) is 20.8 Å². The van der Waals surface area contributed by atoms with Crippen molar-refractivity contribution >= 4 is 28.9 Å². The van der Waals surface area contributed by atoms with Crippen LogP contribution in [0.1, 0.15) is 39.4 Å². The van der Waals surface area contributed by atoms with Gasteiger partial charge in [-0.3, -0.25) is 0 Å². The first-order valence-corrected chi connectivity index (χ1v) is 5.99. The van der Waals surface area contributed by atoms with Crippen molar-refractivity contribution in [2.45, 2.75) is 39.3 Å². The van der Waals surface area contributed by atoms with Gasteiger partial charge >= 0.3 is 0 Å². The lowest BCUT2D eigenvalue weighted by Gasteiger charge is -2.07. The molecule has 0 fully saturated rings. The molecule has 1 aromatic carbocycles. The van der Waals surface area contributed by atoms with Gasteiger partial charge in [-0.05, 0) is 45.4 Å². The van der Waals surface area contributed by atoms with Gasteiger partial charge in [0.05, 0.1) is 21.8 Å². The Kier molecular flexibility index (Phi) is 6.27. The highest BCUT2D eigenvalue weighted by molar-refractivity contribution is 6.38. The Morgan fingerprint density at radius 2 is 1.47 bits per heavy atom. The Bertz CT molecular complexity index is 344. The highest BCUT2D eigenvalue weighted by Crippen LogP contribution is 2.30. The van der Waals surface area contributed by atoms with E-state index in [1.54, 1.807) is 19.1 Å². The minimum atomic E-state index is -0.583. The zero-order chi connectivity index (χ0) is 13.8. The van der Waals surface area contributed by atoms with Crippen molar-refractivity contribution in [2.24, 2.45) is 5.73 Å². The SMILES string of the molecule is CC(C)(C)N.CC(O)c1cc(Cl)c(N)c(Cl)c1. The lowest BCUT2D eigenvalue weighted by atomic mass is 10.1. The average Bonchev–Trinajstić information content (AvgIpc) is 2.10. The molecule has 1 atom stereocenters. The molecule has 5 heteroatoms. The van der Waals surface area contributed by atoms with Crippen LogP contribution in [0.2, 0.25) is 10.0 Å². The van der Waals surface area contributed by atoms with Crippen LogP contribution in [-0.2, 0) is 0 Å². The summed E-state index contributed by atoms with van der Waals surface area (Å²) in [5.41, 5.74) is 11.9. The molecule has 3 nitrogen and oxygen atoms in total. The summed E-state index contributed by atoms with van der Waals surface area (Å²) < 4.78 is 0. The molecule has 0 bridgehead atoms. The zero-order valence-corrected chi connectivity index (χ0v) is 12.1. The van der Waals surface area contributed by atoms with E-state index in [2.05, 4.69) is 0 Å². The molecule has 0 aliphatic carbocycles.